The summed E-state index contributed by atoms with van der Waals surface area (Å²) in [6.45, 7) is 13.8. The zero-order valence-corrected chi connectivity index (χ0v) is 25.0. The summed E-state index contributed by atoms with van der Waals surface area (Å²) in [5, 5.41) is 11.2. The van der Waals surface area contributed by atoms with Gasteiger partial charge < -0.3 is 19.5 Å². The van der Waals surface area contributed by atoms with Crippen LogP contribution in [0.15, 0.2) is 43.0 Å². The number of hydrogen-bond donors (Lipinski definition) is 1. The Morgan fingerprint density at radius 2 is 2.12 bits per heavy atom. The second kappa shape index (κ2) is 10.8. The SMILES string of the molecule is C=CCN1CC[C@]23c4c5c(OC(C)=O)cc(O)c4O[C@H]2[C@H](N(CC(C)C)C(=O)C#Cc2cccc(C)c2)CC[C@H]3[C@H]1C5. The van der Waals surface area contributed by atoms with Gasteiger partial charge in [-0.1, -0.05) is 38.0 Å². The largest absolute Gasteiger partial charge is 0.504 e. The molecule has 2 aromatic rings. The Bertz CT molecular complexity index is 1500. The molecule has 2 aromatic carbocycles. The van der Waals surface area contributed by atoms with Gasteiger partial charge in [0.2, 0.25) is 0 Å². The van der Waals surface area contributed by atoms with Crippen molar-refractivity contribution in [3.63, 3.8) is 0 Å². The van der Waals surface area contributed by atoms with E-state index in [0.29, 0.717) is 24.5 Å². The second-order valence-corrected chi connectivity index (χ2v) is 12.8. The topological polar surface area (TPSA) is 79.3 Å². The van der Waals surface area contributed by atoms with Gasteiger partial charge in [-0.15, -0.1) is 6.58 Å². The molecule has 0 unspecified atom stereocenters. The number of ether oxygens (including phenoxy) is 2. The first kappa shape index (κ1) is 28.4. The highest BCUT2D eigenvalue weighted by Crippen LogP contribution is 2.65. The minimum Gasteiger partial charge on any atom is -0.504 e. The van der Waals surface area contributed by atoms with Crippen LogP contribution in [0.4, 0.5) is 0 Å². The quantitative estimate of drug-likeness (QED) is 0.234. The minimum atomic E-state index is -0.420. The van der Waals surface area contributed by atoms with Gasteiger partial charge in [0.25, 0.3) is 5.91 Å². The van der Waals surface area contributed by atoms with E-state index in [-0.39, 0.29) is 41.7 Å². The van der Waals surface area contributed by atoms with Crippen LogP contribution >= 0.6 is 0 Å². The molecule has 1 saturated carbocycles. The number of phenolic OH excluding ortho intramolecular Hbond substituents is 1. The summed E-state index contributed by atoms with van der Waals surface area (Å²) in [7, 11) is 0. The predicted molar refractivity (Wildman–Crippen MR) is 161 cm³/mol. The standard InChI is InChI=1S/C35H40N2O5/c1-6-15-36-16-14-35-26-11-12-27(37(20-21(2)3)31(40)13-10-24-9-7-8-22(4)17-24)34(35)42-33-29(39)19-30(41-23(5)38)25(32(33)35)18-28(26)36/h6-9,17,19,21,26-28,34,39H,1,11-12,14-16,18,20H2,2-5H3/t26-,27+,28+,34-,35-/m0/s1. The molecular weight excluding hydrogens is 528 g/mol. The third-order valence-electron chi connectivity index (χ3n) is 9.66. The summed E-state index contributed by atoms with van der Waals surface area (Å²) < 4.78 is 12.5. The first-order chi connectivity index (χ1) is 20.1. The summed E-state index contributed by atoms with van der Waals surface area (Å²) >= 11 is 0. The molecule has 1 spiro atoms. The molecule has 7 nitrogen and oxygen atoms in total. The number of amides is 1. The lowest BCUT2D eigenvalue weighted by molar-refractivity contribution is -0.137. The van der Waals surface area contributed by atoms with Gasteiger partial charge >= 0.3 is 5.97 Å². The second-order valence-electron chi connectivity index (χ2n) is 12.8. The predicted octanol–water partition coefficient (Wildman–Crippen LogP) is 4.76. The molecule has 6 rings (SSSR count). The van der Waals surface area contributed by atoms with Crippen molar-refractivity contribution in [3.05, 3.63) is 65.2 Å². The van der Waals surface area contributed by atoms with Gasteiger partial charge in [0.1, 0.15) is 11.9 Å². The first-order valence-electron chi connectivity index (χ1n) is 15.1. The van der Waals surface area contributed by atoms with E-state index in [9.17, 15) is 14.7 Å². The minimum absolute atomic E-state index is 0.0146. The van der Waals surface area contributed by atoms with E-state index < -0.39 is 11.4 Å². The summed E-state index contributed by atoms with van der Waals surface area (Å²) in [4.78, 5) is 30.4. The van der Waals surface area contributed by atoms with Crippen LogP contribution in [0.3, 0.4) is 0 Å². The highest BCUT2D eigenvalue weighted by Gasteiger charge is 2.67. The Labute approximate surface area is 248 Å². The maximum absolute atomic E-state index is 13.9. The molecule has 1 N–H and O–H groups in total. The summed E-state index contributed by atoms with van der Waals surface area (Å²) in [6.07, 6.45) is 4.87. The van der Waals surface area contributed by atoms with Crippen molar-refractivity contribution in [3.8, 4) is 29.1 Å². The Kier molecular flexibility index (Phi) is 7.31. The van der Waals surface area contributed by atoms with Crippen molar-refractivity contribution in [1.82, 2.24) is 9.80 Å². The van der Waals surface area contributed by atoms with Crippen molar-refractivity contribution >= 4 is 11.9 Å². The molecule has 1 amide bonds. The van der Waals surface area contributed by atoms with Crippen LogP contribution in [0, 0.1) is 30.6 Å². The molecule has 220 valence electrons. The van der Waals surface area contributed by atoms with Gasteiger partial charge in [0, 0.05) is 60.1 Å². The molecule has 0 radical (unpaired) electrons. The van der Waals surface area contributed by atoms with Crippen molar-refractivity contribution < 1.29 is 24.2 Å². The van der Waals surface area contributed by atoms with Crippen LogP contribution in [-0.4, -0.2) is 64.6 Å². The summed E-state index contributed by atoms with van der Waals surface area (Å²) in [5.74, 6) is 6.81. The van der Waals surface area contributed by atoms with Crippen LogP contribution in [0.25, 0.3) is 0 Å². The molecule has 2 heterocycles. The maximum Gasteiger partial charge on any atom is 0.308 e. The number of aromatic hydroxyl groups is 1. The number of phenols is 1. The fourth-order valence-electron chi connectivity index (χ4n) is 8.29. The average Bonchev–Trinajstić information content (AvgIpc) is 3.28. The third-order valence-corrected chi connectivity index (χ3v) is 9.66. The van der Waals surface area contributed by atoms with Crippen LogP contribution in [0.1, 0.15) is 62.3 Å². The lowest BCUT2D eigenvalue weighted by Crippen LogP contribution is -2.69. The lowest BCUT2D eigenvalue weighted by Gasteiger charge is -2.60. The molecular formula is C35H40N2O5. The normalized spacial score (nSPS) is 26.9. The number of likely N-dealkylation sites (tertiary alicyclic amines) is 1. The smallest absolute Gasteiger partial charge is 0.308 e. The third kappa shape index (κ3) is 4.57. The highest BCUT2D eigenvalue weighted by molar-refractivity contribution is 5.94. The number of aryl methyl sites for hydroxylation is 1. The molecule has 7 heteroatoms. The number of hydrogen-bond acceptors (Lipinski definition) is 6. The number of rotatable bonds is 6. The van der Waals surface area contributed by atoms with Gasteiger partial charge in [-0.3, -0.25) is 14.5 Å². The Morgan fingerprint density at radius 3 is 2.83 bits per heavy atom. The first-order valence-corrected chi connectivity index (χ1v) is 15.1. The Morgan fingerprint density at radius 1 is 1.31 bits per heavy atom. The van der Waals surface area contributed by atoms with E-state index in [1.807, 2.05) is 42.2 Å². The number of carbonyl (C=O) groups is 2. The monoisotopic (exact) mass is 568 g/mol. The van der Waals surface area contributed by atoms with E-state index in [0.717, 1.165) is 54.6 Å². The average molecular weight is 569 g/mol. The fourth-order valence-corrected chi connectivity index (χ4v) is 8.29. The Balaban J connectivity index is 1.44. The van der Waals surface area contributed by atoms with Crippen molar-refractivity contribution in [2.24, 2.45) is 11.8 Å². The van der Waals surface area contributed by atoms with E-state index in [2.05, 4.69) is 37.2 Å². The van der Waals surface area contributed by atoms with Crippen molar-refractivity contribution in [1.29, 1.82) is 0 Å². The fraction of sp³-hybridized carbons (Fsp3) is 0.486. The van der Waals surface area contributed by atoms with E-state index in [1.165, 1.54) is 13.0 Å². The van der Waals surface area contributed by atoms with Gasteiger partial charge in [-0.2, -0.15) is 0 Å². The zero-order valence-electron chi connectivity index (χ0n) is 25.0. The summed E-state index contributed by atoms with van der Waals surface area (Å²) in [5.41, 5.74) is 3.44. The van der Waals surface area contributed by atoms with E-state index in [1.54, 1.807) is 0 Å². The van der Waals surface area contributed by atoms with Crippen LogP contribution in [-0.2, 0) is 21.4 Å². The zero-order chi connectivity index (χ0) is 29.8. The molecule has 5 atom stereocenters. The number of nitrogens with zero attached hydrogens (tertiary/aromatic N) is 2. The van der Waals surface area contributed by atoms with Gasteiger partial charge in [-0.05, 0) is 68.7 Å². The highest BCUT2D eigenvalue weighted by atomic mass is 16.5. The van der Waals surface area contributed by atoms with Crippen molar-refractivity contribution in [2.45, 2.75) is 77.0 Å². The van der Waals surface area contributed by atoms with Gasteiger partial charge in [-0.25, -0.2) is 0 Å². The number of benzene rings is 2. The molecule has 2 fully saturated rings. The maximum atomic E-state index is 13.9. The van der Waals surface area contributed by atoms with Crippen LogP contribution < -0.4 is 9.47 Å². The van der Waals surface area contributed by atoms with Crippen LogP contribution in [0.2, 0.25) is 0 Å². The molecule has 2 aliphatic heterocycles. The van der Waals surface area contributed by atoms with E-state index in [4.69, 9.17) is 9.47 Å². The number of piperidine rings is 1. The van der Waals surface area contributed by atoms with Gasteiger partial charge in [0.15, 0.2) is 11.5 Å². The lowest BCUT2D eigenvalue weighted by atomic mass is 9.50. The molecule has 2 bridgehead atoms. The van der Waals surface area contributed by atoms with Crippen molar-refractivity contribution in [2.75, 3.05) is 19.6 Å². The van der Waals surface area contributed by atoms with Gasteiger partial charge in [0.05, 0.1) is 6.04 Å². The molecule has 42 heavy (non-hydrogen) atoms. The number of carbonyl (C=O) groups excluding carboxylic acids is 2. The molecule has 1 saturated heterocycles. The molecule has 0 aromatic heterocycles. The van der Waals surface area contributed by atoms with Crippen LogP contribution in [0.5, 0.6) is 17.2 Å². The molecule has 4 aliphatic rings. The molecule has 2 aliphatic carbocycles. The Hall–Kier alpha value is -3.76. The summed E-state index contributed by atoms with van der Waals surface area (Å²) in [6, 6.07) is 9.41. The number of esters is 1. The van der Waals surface area contributed by atoms with E-state index >= 15 is 0 Å².